The second-order valence-electron chi connectivity index (χ2n) is 18.1. The molecule has 0 amide bonds. The SMILES string of the molecule is C[Si](C)(C)C1=C(c2cccc(C3=C([Si](C)(C)C)C([Si](C)(C)C)=C3[Si](C)(C)C)c2)C([Si](C)(C)C)=C1[Si](C)(C)C. The molecule has 0 bridgehead atoms. The van der Waals surface area contributed by atoms with Gasteiger partial charge in [0.2, 0.25) is 0 Å². The van der Waals surface area contributed by atoms with E-state index in [1.807, 2.05) is 31.2 Å². The van der Waals surface area contributed by atoms with Crippen LogP contribution in [-0.2, 0) is 0 Å². The average Bonchev–Trinajstić information content (AvgIpc) is 2.52. The fraction of sp³-hybridized carbons (Fsp3) is 0.562. The summed E-state index contributed by atoms with van der Waals surface area (Å²) >= 11 is 0. The zero-order chi connectivity index (χ0) is 29.6. The van der Waals surface area contributed by atoms with Crippen LogP contribution in [0.15, 0.2) is 55.4 Å². The van der Waals surface area contributed by atoms with E-state index in [-0.39, 0.29) is 0 Å². The first kappa shape index (κ1) is 32.0. The van der Waals surface area contributed by atoms with Crippen LogP contribution in [0.4, 0.5) is 0 Å². The molecule has 0 saturated heterocycles. The first-order valence-electron chi connectivity index (χ1n) is 14.8. The molecule has 3 rings (SSSR count). The van der Waals surface area contributed by atoms with Gasteiger partial charge in [-0.2, -0.15) is 0 Å². The minimum atomic E-state index is -1.50. The zero-order valence-corrected chi connectivity index (χ0v) is 34.3. The predicted octanol–water partition coefficient (Wildman–Crippen LogP) is 11.1. The Kier molecular flexibility index (Phi) is 8.01. The van der Waals surface area contributed by atoms with Crippen LogP contribution >= 0.6 is 0 Å². The highest BCUT2D eigenvalue weighted by Gasteiger charge is 2.48. The maximum atomic E-state index is 2.63. The van der Waals surface area contributed by atoms with Crippen LogP contribution in [0.2, 0.25) is 118 Å². The number of benzene rings is 1. The van der Waals surface area contributed by atoms with E-state index in [9.17, 15) is 0 Å². The van der Waals surface area contributed by atoms with E-state index < -0.39 is 48.4 Å². The van der Waals surface area contributed by atoms with Gasteiger partial charge in [-0.05, 0) is 28.3 Å². The van der Waals surface area contributed by atoms with Crippen LogP contribution in [0.3, 0.4) is 0 Å². The van der Waals surface area contributed by atoms with Crippen molar-refractivity contribution in [1.29, 1.82) is 0 Å². The average molecular weight is 611 g/mol. The first-order chi connectivity index (χ1) is 16.7. The lowest BCUT2D eigenvalue weighted by Crippen LogP contribution is -2.47. The van der Waals surface area contributed by atoms with Gasteiger partial charge in [-0.15, -0.1) is 0 Å². The smallest absolute Gasteiger partial charge is 0.0656 e. The Morgan fingerprint density at radius 3 is 0.763 bits per heavy atom. The molecule has 1 aromatic carbocycles. The van der Waals surface area contributed by atoms with E-state index in [0.29, 0.717) is 0 Å². The lowest BCUT2D eigenvalue weighted by Gasteiger charge is -2.48. The standard InChI is InChI=1S/C32H58Si6/c1-33(2,3)27-25(28(34(4,5)6)31(27)37(13,14)15)23-20-19-21-24(22-23)26-29(35(7,8)9)32(38(16,17)18)30(26)36(10,11)12/h19-22H,1-18H3. The van der Waals surface area contributed by atoms with Gasteiger partial charge in [-0.1, -0.05) is 167 Å². The van der Waals surface area contributed by atoms with E-state index in [1.165, 1.54) is 11.1 Å². The molecule has 2 aliphatic rings. The molecule has 0 fully saturated rings. The van der Waals surface area contributed by atoms with Crippen molar-refractivity contribution in [3.05, 3.63) is 66.6 Å². The van der Waals surface area contributed by atoms with Gasteiger partial charge < -0.3 is 0 Å². The van der Waals surface area contributed by atoms with Crippen molar-refractivity contribution >= 4 is 59.6 Å². The van der Waals surface area contributed by atoms with Gasteiger partial charge >= 0.3 is 0 Å². The number of rotatable bonds is 8. The quantitative estimate of drug-likeness (QED) is 0.257. The predicted molar refractivity (Wildman–Crippen MR) is 194 cm³/mol. The van der Waals surface area contributed by atoms with Crippen molar-refractivity contribution in [1.82, 2.24) is 0 Å². The summed E-state index contributed by atoms with van der Waals surface area (Å²) in [5, 5.41) is 10.9. The van der Waals surface area contributed by atoms with Gasteiger partial charge in [0.25, 0.3) is 0 Å². The molecule has 0 unspecified atom stereocenters. The van der Waals surface area contributed by atoms with Gasteiger partial charge in [0.05, 0.1) is 48.4 Å². The zero-order valence-electron chi connectivity index (χ0n) is 28.3. The topological polar surface area (TPSA) is 0 Å². The van der Waals surface area contributed by atoms with Crippen molar-refractivity contribution < 1.29 is 0 Å². The van der Waals surface area contributed by atoms with Crippen molar-refractivity contribution in [3.8, 4) is 0 Å². The van der Waals surface area contributed by atoms with Gasteiger partial charge in [0.15, 0.2) is 0 Å². The molecule has 6 heteroatoms. The molecule has 0 saturated carbocycles. The molecule has 0 N–H and O–H groups in total. The molecular formula is C32H58Si6. The Bertz CT molecular complexity index is 1180. The third-order valence-corrected chi connectivity index (χ3v) is 20.9. The molecule has 210 valence electrons. The van der Waals surface area contributed by atoms with Gasteiger partial charge in [0, 0.05) is 0 Å². The normalized spacial score (nSPS) is 18.4. The molecule has 0 spiro atoms. The monoisotopic (exact) mass is 610 g/mol. The maximum Gasteiger partial charge on any atom is 0.0782 e. The Hall–Kier alpha value is -0.519. The van der Waals surface area contributed by atoms with E-state index in [4.69, 9.17) is 0 Å². The van der Waals surface area contributed by atoms with Crippen LogP contribution in [0.25, 0.3) is 11.1 Å². The Morgan fingerprint density at radius 2 is 0.553 bits per heavy atom. The summed E-state index contributed by atoms with van der Waals surface area (Å²) < 4.78 is 0. The summed E-state index contributed by atoms with van der Waals surface area (Å²) in [6, 6.07) is 9.92. The lowest BCUT2D eigenvalue weighted by molar-refractivity contribution is 1.38. The van der Waals surface area contributed by atoms with Gasteiger partial charge in [-0.25, -0.2) is 0 Å². The molecule has 1 aromatic rings. The largest absolute Gasteiger partial charge is 0.0782 e. The van der Waals surface area contributed by atoms with Crippen molar-refractivity contribution in [2.24, 2.45) is 0 Å². The van der Waals surface area contributed by atoms with E-state index in [1.54, 1.807) is 11.1 Å². The van der Waals surface area contributed by atoms with Crippen LogP contribution in [-0.4, -0.2) is 48.4 Å². The Balaban J connectivity index is 2.35. The fourth-order valence-electron chi connectivity index (χ4n) is 6.78. The van der Waals surface area contributed by atoms with Gasteiger partial charge in [0.1, 0.15) is 0 Å². The molecule has 38 heavy (non-hydrogen) atoms. The third kappa shape index (κ3) is 5.77. The minimum absolute atomic E-state index is 1.44. The van der Waals surface area contributed by atoms with Crippen LogP contribution in [0.5, 0.6) is 0 Å². The molecule has 0 radical (unpaired) electrons. The van der Waals surface area contributed by atoms with E-state index in [2.05, 4.69) is 142 Å². The highest BCUT2D eigenvalue weighted by molar-refractivity contribution is 7.00. The summed E-state index contributed by atoms with van der Waals surface area (Å²) in [6.07, 6.45) is 0. The summed E-state index contributed by atoms with van der Waals surface area (Å²) in [7, 11) is -8.87. The Morgan fingerprint density at radius 1 is 0.316 bits per heavy atom. The van der Waals surface area contributed by atoms with Crippen LogP contribution in [0, 0.1) is 0 Å². The molecular weight excluding hydrogens is 553 g/mol. The summed E-state index contributed by atoms with van der Waals surface area (Å²) in [5.74, 6) is 0. The Labute approximate surface area is 242 Å². The van der Waals surface area contributed by atoms with Crippen LogP contribution in [0.1, 0.15) is 11.1 Å². The fourth-order valence-corrected chi connectivity index (χ4v) is 27.4. The van der Waals surface area contributed by atoms with Crippen molar-refractivity contribution in [3.63, 3.8) is 0 Å². The minimum Gasteiger partial charge on any atom is -0.0656 e. The molecule has 0 aromatic heterocycles. The first-order valence-corrected chi connectivity index (χ1v) is 35.8. The molecule has 0 heterocycles. The summed E-state index contributed by atoms with van der Waals surface area (Å²) in [6.45, 7) is 46.5. The third-order valence-electron chi connectivity index (χ3n) is 7.94. The number of hydrogen-bond acceptors (Lipinski definition) is 0. The maximum absolute atomic E-state index is 2.63. The van der Waals surface area contributed by atoms with Crippen molar-refractivity contribution in [2.45, 2.75) is 118 Å². The van der Waals surface area contributed by atoms with Crippen LogP contribution < -0.4 is 0 Å². The van der Waals surface area contributed by atoms with E-state index in [0.717, 1.165) is 0 Å². The highest BCUT2D eigenvalue weighted by Crippen LogP contribution is 2.55. The number of hydrogen-bond donors (Lipinski definition) is 0. The van der Waals surface area contributed by atoms with Crippen molar-refractivity contribution in [2.75, 3.05) is 0 Å². The molecule has 2 aliphatic carbocycles. The lowest BCUT2D eigenvalue weighted by atomic mass is 9.91. The molecule has 0 aliphatic heterocycles. The second-order valence-corrected chi connectivity index (χ2v) is 48.1. The molecule has 0 nitrogen and oxygen atoms in total. The number of allylic oxidation sites excluding steroid dienone is 8. The molecule has 0 atom stereocenters. The van der Waals surface area contributed by atoms with Gasteiger partial charge in [-0.3, -0.25) is 0 Å². The second kappa shape index (κ2) is 9.51. The highest BCUT2D eigenvalue weighted by atomic mass is 28.3. The summed E-state index contributed by atoms with van der Waals surface area (Å²) in [5.41, 5.74) is 6.39. The summed E-state index contributed by atoms with van der Waals surface area (Å²) in [4.78, 5) is 0. The van der Waals surface area contributed by atoms with E-state index >= 15 is 0 Å².